The number of unbranched alkanes of at least 4 members (excludes halogenated alkanes) is 10. The summed E-state index contributed by atoms with van der Waals surface area (Å²) in [4.78, 5) is 25.0. The van der Waals surface area contributed by atoms with Gasteiger partial charge in [0.15, 0.2) is 0 Å². The van der Waals surface area contributed by atoms with Crippen LogP contribution in [-0.4, -0.2) is 68.5 Å². The molecule has 0 aliphatic rings. The van der Waals surface area contributed by atoms with Crippen LogP contribution in [0.2, 0.25) is 0 Å². The quantitative estimate of drug-likeness (QED) is 0.0274. The van der Waals surface area contributed by atoms with Crippen molar-refractivity contribution in [2.75, 3.05) is 40.9 Å². The highest BCUT2D eigenvalue weighted by Gasteiger charge is 2.23. The molecule has 0 saturated carbocycles. The van der Waals surface area contributed by atoms with E-state index in [0.29, 0.717) is 17.4 Å². The van der Waals surface area contributed by atoms with Gasteiger partial charge in [-0.1, -0.05) is 187 Å². The number of nitrogens with zero attached hydrogens (tertiary/aromatic N) is 1. The summed E-state index contributed by atoms with van der Waals surface area (Å²) in [5.41, 5.74) is 0. The van der Waals surface area contributed by atoms with E-state index in [4.69, 9.17) is 9.05 Å². The predicted octanol–water partition coefficient (Wildman–Crippen LogP) is 13.2. The number of nitrogens with one attached hydrogen (secondary N) is 1. The highest BCUT2D eigenvalue weighted by Crippen LogP contribution is 2.38. The average molecular weight is 881 g/mol. The third-order valence-electron chi connectivity index (χ3n) is 9.66. The Hall–Kier alpha value is -3.10. The molecule has 1 amide bonds. The predicted molar refractivity (Wildman–Crippen MR) is 265 cm³/mol. The Balaban J connectivity index is 3.90. The van der Waals surface area contributed by atoms with E-state index in [0.717, 1.165) is 103 Å². The van der Waals surface area contributed by atoms with Gasteiger partial charge < -0.3 is 28.8 Å². The molecule has 0 bridgehead atoms. The Kier molecular flexibility index (Phi) is 41.0. The summed E-state index contributed by atoms with van der Waals surface area (Å²) in [5.74, 6) is -0.223. The number of aliphatic hydroxyl groups is 1. The summed E-state index contributed by atoms with van der Waals surface area (Å²) in [6.45, 7) is 4.27. The molecule has 0 spiro atoms. The van der Waals surface area contributed by atoms with Gasteiger partial charge in [0.05, 0.1) is 39.9 Å². The fraction of sp³-hybridized carbons (Fsp3) is 0.604. The van der Waals surface area contributed by atoms with Crippen molar-refractivity contribution >= 4 is 13.7 Å². The molecule has 0 aromatic rings. The van der Waals surface area contributed by atoms with Crippen LogP contribution in [0.1, 0.15) is 155 Å². The van der Waals surface area contributed by atoms with Crippen molar-refractivity contribution < 1.29 is 32.9 Å². The molecular formula is C53H89N2O6P. The lowest BCUT2D eigenvalue weighted by Crippen LogP contribution is -2.45. The molecule has 0 radical (unpaired) electrons. The van der Waals surface area contributed by atoms with E-state index >= 15 is 0 Å². The standard InChI is InChI=1S/C53H89N2O6P/c1-6-8-10-11-12-13-14-15-16-17-18-19-20-21-22-23-24-25-26-27-28-29-30-31-32-33-34-35-36-37-38-39-40-41-42-43-45-47-53(57)54-51(52(56)46-44-9-7-2)50-61-62(58,59)60-49-48-55(3,4)5/h8,10,12-13,15-16,18-19,21-22,24-25,27-28,30-31,33-34,44,46,51-52,56H,6-7,9,11,14,17,20,23,26,29,32,35-43,45,47-50H2,1-5H3,(H-,54,57,58,59)/b10-8-,13-12-,16-15-,19-18-,22-21-,25-24-,28-27-,31-30-,34-33-,46-44+. The van der Waals surface area contributed by atoms with Gasteiger partial charge in [0.1, 0.15) is 13.2 Å². The molecule has 0 aliphatic heterocycles. The molecule has 0 aromatic heterocycles. The average Bonchev–Trinajstić information content (AvgIpc) is 3.23. The van der Waals surface area contributed by atoms with Gasteiger partial charge in [-0.05, 0) is 83.5 Å². The third-order valence-corrected chi connectivity index (χ3v) is 10.6. The van der Waals surface area contributed by atoms with Gasteiger partial charge in [-0.25, -0.2) is 0 Å². The maximum atomic E-state index is 12.7. The number of carbonyl (C=O) groups excluding carboxylic acids is 1. The van der Waals surface area contributed by atoms with Crippen molar-refractivity contribution in [2.45, 2.75) is 167 Å². The number of rotatable bonds is 41. The first-order valence-corrected chi connectivity index (χ1v) is 25.4. The van der Waals surface area contributed by atoms with E-state index < -0.39 is 26.6 Å². The Morgan fingerprint density at radius 2 is 0.984 bits per heavy atom. The van der Waals surface area contributed by atoms with Gasteiger partial charge in [0.2, 0.25) is 5.91 Å². The highest BCUT2D eigenvalue weighted by atomic mass is 31.2. The maximum absolute atomic E-state index is 12.7. The second-order valence-electron chi connectivity index (χ2n) is 16.7. The number of phosphoric ester groups is 1. The van der Waals surface area contributed by atoms with Crippen LogP contribution in [0.5, 0.6) is 0 Å². The van der Waals surface area contributed by atoms with Gasteiger partial charge in [0, 0.05) is 6.42 Å². The van der Waals surface area contributed by atoms with Crippen molar-refractivity contribution in [1.29, 1.82) is 0 Å². The minimum atomic E-state index is -4.57. The summed E-state index contributed by atoms with van der Waals surface area (Å²) >= 11 is 0. The molecule has 0 rings (SSSR count). The molecule has 0 aliphatic carbocycles. The summed E-state index contributed by atoms with van der Waals surface area (Å²) in [7, 11) is 1.23. The van der Waals surface area contributed by atoms with Crippen molar-refractivity contribution in [3.05, 3.63) is 122 Å². The highest BCUT2D eigenvalue weighted by molar-refractivity contribution is 7.45. The number of hydrogen-bond donors (Lipinski definition) is 2. The van der Waals surface area contributed by atoms with Gasteiger partial charge in [0.25, 0.3) is 7.82 Å². The fourth-order valence-electron chi connectivity index (χ4n) is 5.91. The van der Waals surface area contributed by atoms with E-state index in [1.54, 1.807) is 6.08 Å². The SMILES string of the molecule is CC/C=C\C/C=C\C/C=C\C/C=C\C/C=C\C/C=C\C/C=C\C/C=C\C/C=C\CCCCCCCCCCCC(=O)NC(COP(=O)([O-])OCC[N+](C)(C)C)C(O)/C=C/CCC. The molecule has 3 unspecified atom stereocenters. The second-order valence-corrected chi connectivity index (χ2v) is 18.1. The van der Waals surface area contributed by atoms with E-state index in [2.05, 4.69) is 122 Å². The number of likely N-dealkylation sites (N-methyl/N-ethyl adjacent to an activating group) is 1. The summed E-state index contributed by atoms with van der Waals surface area (Å²) < 4.78 is 22.9. The molecule has 9 heteroatoms. The number of allylic oxidation sites excluding steroid dienone is 19. The first kappa shape index (κ1) is 58.9. The zero-order valence-electron chi connectivity index (χ0n) is 39.8. The van der Waals surface area contributed by atoms with E-state index in [1.807, 2.05) is 34.1 Å². The van der Waals surface area contributed by atoms with Crippen molar-refractivity contribution in [2.24, 2.45) is 0 Å². The molecular weight excluding hydrogens is 792 g/mol. The number of hydrogen-bond acceptors (Lipinski definition) is 6. The van der Waals surface area contributed by atoms with Gasteiger partial charge >= 0.3 is 0 Å². The van der Waals surface area contributed by atoms with Crippen molar-refractivity contribution in [3.8, 4) is 0 Å². The Morgan fingerprint density at radius 3 is 1.40 bits per heavy atom. The minimum Gasteiger partial charge on any atom is -0.756 e. The van der Waals surface area contributed by atoms with Crippen LogP contribution in [0.4, 0.5) is 0 Å². The molecule has 0 saturated heterocycles. The molecule has 0 aromatic carbocycles. The minimum absolute atomic E-state index is 0.0102. The third kappa shape index (κ3) is 44.9. The topological polar surface area (TPSA) is 108 Å². The number of aliphatic hydroxyl groups excluding tert-OH is 1. The summed E-state index contributed by atoms with van der Waals surface area (Å²) in [5, 5.41) is 13.4. The zero-order chi connectivity index (χ0) is 45.7. The number of quaternary nitrogens is 1. The van der Waals surface area contributed by atoms with Crippen LogP contribution in [0, 0.1) is 0 Å². The Bertz CT molecular complexity index is 1410. The molecule has 3 atom stereocenters. The summed E-state index contributed by atoms with van der Waals surface area (Å²) in [6.07, 6.45) is 65.0. The normalized spacial score (nSPS) is 15.3. The molecule has 0 fully saturated rings. The van der Waals surface area contributed by atoms with Crippen LogP contribution >= 0.6 is 7.82 Å². The lowest BCUT2D eigenvalue weighted by atomic mass is 10.1. The molecule has 352 valence electrons. The van der Waals surface area contributed by atoms with Crippen LogP contribution < -0.4 is 10.2 Å². The van der Waals surface area contributed by atoms with Crippen LogP contribution in [0.3, 0.4) is 0 Å². The fourth-order valence-corrected chi connectivity index (χ4v) is 6.64. The molecule has 0 heterocycles. The zero-order valence-corrected chi connectivity index (χ0v) is 40.7. The molecule has 2 N–H and O–H groups in total. The van der Waals surface area contributed by atoms with Crippen molar-refractivity contribution in [1.82, 2.24) is 5.32 Å². The molecule has 62 heavy (non-hydrogen) atoms. The largest absolute Gasteiger partial charge is 0.756 e. The van der Waals surface area contributed by atoms with Gasteiger partial charge in [-0.2, -0.15) is 0 Å². The second kappa shape index (κ2) is 43.2. The lowest BCUT2D eigenvalue weighted by Gasteiger charge is -2.29. The molecule has 8 nitrogen and oxygen atoms in total. The number of carbonyl (C=O) groups is 1. The van der Waals surface area contributed by atoms with Gasteiger partial charge in [-0.15, -0.1) is 0 Å². The van der Waals surface area contributed by atoms with E-state index in [9.17, 15) is 19.4 Å². The monoisotopic (exact) mass is 881 g/mol. The van der Waals surface area contributed by atoms with Crippen LogP contribution in [0.15, 0.2) is 122 Å². The number of amides is 1. The van der Waals surface area contributed by atoms with E-state index in [-0.39, 0.29) is 12.5 Å². The van der Waals surface area contributed by atoms with Crippen LogP contribution in [0.25, 0.3) is 0 Å². The maximum Gasteiger partial charge on any atom is 0.268 e. The van der Waals surface area contributed by atoms with Gasteiger partial charge in [-0.3, -0.25) is 9.36 Å². The Morgan fingerprint density at radius 1 is 0.581 bits per heavy atom. The van der Waals surface area contributed by atoms with Crippen molar-refractivity contribution in [3.63, 3.8) is 0 Å². The number of phosphoric acid groups is 1. The first-order valence-electron chi connectivity index (χ1n) is 23.9. The van der Waals surface area contributed by atoms with Crippen LogP contribution in [-0.2, 0) is 18.4 Å². The smallest absolute Gasteiger partial charge is 0.268 e. The Labute approximate surface area is 380 Å². The van der Waals surface area contributed by atoms with E-state index in [1.165, 1.54) is 32.1 Å². The first-order chi connectivity index (χ1) is 30.0. The lowest BCUT2D eigenvalue weighted by molar-refractivity contribution is -0.870. The summed E-state index contributed by atoms with van der Waals surface area (Å²) in [6, 6.07) is -0.893.